The molecule has 0 aliphatic carbocycles. The Morgan fingerprint density at radius 1 is 1.09 bits per heavy atom. The lowest BCUT2D eigenvalue weighted by Crippen LogP contribution is -1.98. The molecule has 0 aliphatic rings. The van der Waals surface area contributed by atoms with E-state index in [-0.39, 0.29) is 11.6 Å². The number of carbonyl (C=O) groups excluding carboxylic acids is 1. The maximum absolute atomic E-state index is 14.0. The Morgan fingerprint density at radius 2 is 1.82 bits per heavy atom. The van der Waals surface area contributed by atoms with Gasteiger partial charge in [-0.1, -0.05) is 44.5 Å². The highest BCUT2D eigenvalue weighted by atomic mass is 19.1. The van der Waals surface area contributed by atoms with E-state index in [1.165, 1.54) is 6.07 Å². The van der Waals surface area contributed by atoms with Crippen molar-refractivity contribution in [2.24, 2.45) is 0 Å². The number of halogens is 1. The van der Waals surface area contributed by atoms with Gasteiger partial charge in [-0.2, -0.15) is 0 Å². The molecule has 0 aliphatic heterocycles. The smallest absolute Gasteiger partial charge is 0.162 e. The lowest BCUT2D eigenvalue weighted by atomic mass is 10.0. The summed E-state index contributed by atoms with van der Waals surface area (Å²) in [7, 11) is 0. The molecule has 0 saturated carbocycles. The number of hydrogen-bond acceptors (Lipinski definition) is 2. The van der Waals surface area contributed by atoms with Crippen molar-refractivity contribution < 1.29 is 13.9 Å². The quantitative estimate of drug-likeness (QED) is 0.514. The van der Waals surface area contributed by atoms with E-state index in [4.69, 9.17) is 4.74 Å². The summed E-state index contributed by atoms with van der Waals surface area (Å²) in [5.74, 6) is 0.458. The van der Waals surface area contributed by atoms with E-state index in [1.807, 2.05) is 6.92 Å². The van der Waals surface area contributed by atoms with Crippen LogP contribution >= 0.6 is 0 Å². The van der Waals surface area contributed by atoms with Gasteiger partial charge in [0.15, 0.2) is 5.78 Å². The van der Waals surface area contributed by atoms with Gasteiger partial charge in [0, 0.05) is 17.5 Å². The van der Waals surface area contributed by atoms with Crippen molar-refractivity contribution in [2.45, 2.75) is 33.1 Å². The van der Waals surface area contributed by atoms with Crippen LogP contribution in [0.5, 0.6) is 5.75 Å². The van der Waals surface area contributed by atoms with E-state index in [0.29, 0.717) is 29.9 Å². The molecule has 2 nitrogen and oxygen atoms in total. The minimum atomic E-state index is -0.294. The fourth-order valence-electron chi connectivity index (χ4n) is 2.19. The van der Waals surface area contributed by atoms with Crippen LogP contribution < -0.4 is 4.74 Å². The Morgan fingerprint density at radius 3 is 2.45 bits per heavy atom. The monoisotopic (exact) mass is 300 g/mol. The third-order valence-corrected chi connectivity index (χ3v) is 3.54. The highest BCUT2D eigenvalue weighted by molar-refractivity contribution is 5.96. The van der Waals surface area contributed by atoms with Crippen molar-refractivity contribution in [3.05, 3.63) is 53.8 Å². The number of unbranched alkanes of at least 4 members (excludes halogenated alkanes) is 1. The molecule has 0 bridgehead atoms. The maximum Gasteiger partial charge on any atom is 0.162 e. The molecular formula is C19H21FO2. The molecule has 0 N–H and O–H groups in total. The van der Waals surface area contributed by atoms with E-state index < -0.39 is 0 Å². The average Bonchev–Trinajstić information content (AvgIpc) is 2.56. The van der Waals surface area contributed by atoms with Gasteiger partial charge in [0.2, 0.25) is 0 Å². The Kier molecular flexibility index (Phi) is 5.70. The number of ketones is 1. The average molecular weight is 300 g/mol. The summed E-state index contributed by atoms with van der Waals surface area (Å²) in [5.41, 5.74) is 1.89. The fourth-order valence-corrected chi connectivity index (χ4v) is 2.19. The summed E-state index contributed by atoms with van der Waals surface area (Å²) < 4.78 is 19.7. The zero-order valence-electron chi connectivity index (χ0n) is 13.1. The van der Waals surface area contributed by atoms with Gasteiger partial charge in [-0.25, -0.2) is 4.39 Å². The molecule has 3 heteroatoms. The van der Waals surface area contributed by atoms with Gasteiger partial charge in [0.1, 0.15) is 11.6 Å². The van der Waals surface area contributed by atoms with Gasteiger partial charge >= 0.3 is 0 Å². The van der Waals surface area contributed by atoms with E-state index in [1.54, 1.807) is 36.4 Å². The zero-order chi connectivity index (χ0) is 15.9. The molecule has 22 heavy (non-hydrogen) atoms. The molecule has 0 heterocycles. The van der Waals surface area contributed by atoms with Crippen LogP contribution in [0.2, 0.25) is 0 Å². The van der Waals surface area contributed by atoms with Crippen LogP contribution in [0.4, 0.5) is 4.39 Å². The van der Waals surface area contributed by atoms with Crippen LogP contribution in [-0.2, 0) is 0 Å². The first kappa shape index (κ1) is 16.2. The van der Waals surface area contributed by atoms with Crippen molar-refractivity contribution in [1.29, 1.82) is 0 Å². The molecule has 116 valence electrons. The van der Waals surface area contributed by atoms with Gasteiger partial charge in [-0.3, -0.25) is 4.79 Å². The predicted molar refractivity (Wildman–Crippen MR) is 86.9 cm³/mol. The molecule has 0 aromatic heterocycles. The minimum Gasteiger partial charge on any atom is -0.494 e. The summed E-state index contributed by atoms with van der Waals surface area (Å²) in [5, 5.41) is 0. The number of hydrogen-bond donors (Lipinski definition) is 0. The van der Waals surface area contributed by atoms with Crippen LogP contribution in [0.15, 0.2) is 42.5 Å². The number of Topliss-reactive ketones (excluding diaryl/α,β-unsaturated/α-hetero) is 1. The first-order chi connectivity index (χ1) is 10.7. The molecular weight excluding hydrogens is 279 g/mol. The first-order valence-electron chi connectivity index (χ1n) is 7.71. The van der Waals surface area contributed by atoms with Crippen molar-refractivity contribution in [1.82, 2.24) is 0 Å². The minimum absolute atomic E-state index is 0.0867. The Hall–Kier alpha value is -2.16. The van der Waals surface area contributed by atoms with Crippen LogP contribution in [0.25, 0.3) is 11.1 Å². The zero-order valence-corrected chi connectivity index (χ0v) is 13.1. The summed E-state index contributed by atoms with van der Waals surface area (Å²) >= 11 is 0. The predicted octanol–water partition coefficient (Wildman–Crippen LogP) is 5.26. The number of ether oxygens (including phenoxy) is 1. The SMILES string of the molecule is CCCCOc1ccc(F)c(-c2ccc(C(=O)CC)cc2)c1. The molecule has 2 rings (SSSR count). The topological polar surface area (TPSA) is 26.3 Å². The van der Waals surface area contributed by atoms with E-state index in [0.717, 1.165) is 18.4 Å². The highest BCUT2D eigenvalue weighted by Gasteiger charge is 2.09. The molecule has 0 spiro atoms. The molecule has 0 unspecified atom stereocenters. The lowest BCUT2D eigenvalue weighted by molar-refractivity contribution is 0.0988. The number of carbonyl (C=O) groups is 1. The molecule has 0 fully saturated rings. The number of rotatable bonds is 7. The van der Waals surface area contributed by atoms with Gasteiger partial charge in [-0.15, -0.1) is 0 Å². The van der Waals surface area contributed by atoms with E-state index >= 15 is 0 Å². The van der Waals surface area contributed by atoms with Crippen molar-refractivity contribution in [3.8, 4) is 16.9 Å². The Balaban J connectivity index is 2.23. The van der Waals surface area contributed by atoms with Crippen molar-refractivity contribution in [2.75, 3.05) is 6.61 Å². The number of benzene rings is 2. The van der Waals surface area contributed by atoms with E-state index in [9.17, 15) is 9.18 Å². The van der Waals surface area contributed by atoms with Crippen LogP contribution in [0.3, 0.4) is 0 Å². The second-order valence-corrected chi connectivity index (χ2v) is 5.20. The summed E-state index contributed by atoms with van der Waals surface area (Å²) in [6, 6.07) is 11.8. The largest absolute Gasteiger partial charge is 0.494 e. The summed E-state index contributed by atoms with van der Waals surface area (Å²) in [4.78, 5) is 11.6. The maximum atomic E-state index is 14.0. The third-order valence-electron chi connectivity index (χ3n) is 3.54. The molecule has 2 aromatic carbocycles. The summed E-state index contributed by atoms with van der Waals surface area (Å²) in [6.07, 6.45) is 2.50. The Bertz CT molecular complexity index is 632. The van der Waals surface area contributed by atoms with Crippen LogP contribution in [-0.4, -0.2) is 12.4 Å². The van der Waals surface area contributed by atoms with Crippen LogP contribution in [0, 0.1) is 5.82 Å². The molecule has 2 aromatic rings. The lowest BCUT2D eigenvalue weighted by Gasteiger charge is -2.09. The van der Waals surface area contributed by atoms with Gasteiger partial charge in [0.25, 0.3) is 0 Å². The van der Waals surface area contributed by atoms with Gasteiger partial charge < -0.3 is 4.74 Å². The van der Waals surface area contributed by atoms with Gasteiger partial charge in [-0.05, 0) is 30.2 Å². The van der Waals surface area contributed by atoms with Crippen molar-refractivity contribution >= 4 is 5.78 Å². The molecule has 0 saturated heterocycles. The normalized spacial score (nSPS) is 10.5. The molecule has 0 atom stereocenters. The highest BCUT2D eigenvalue weighted by Crippen LogP contribution is 2.27. The van der Waals surface area contributed by atoms with Crippen molar-refractivity contribution in [3.63, 3.8) is 0 Å². The summed E-state index contributed by atoms with van der Waals surface area (Å²) in [6.45, 7) is 4.55. The first-order valence-corrected chi connectivity index (χ1v) is 7.71. The fraction of sp³-hybridized carbons (Fsp3) is 0.316. The third kappa shape index (κ3) is 3.94. The molecule has 0 radical (unpaired) electrons. The van der Waals surface area contributed by atoms with Crippen LogP contribution in [0.1, 0.15) is 43.5 Å². The standard InChI is InChI=1S/C19H21FO2/c1-3-5-12-22-16-10-11-18(20)17(13-16)14-6-8-15(9-7-14)19(21)4-2/h6-11,13H,3-5,12H2,1-2H3. The second-order valence-electron chi connectivity index (χ2n) is 5.20. The van der Waals surface area contributed by atoms with Gasteiger partial charge in [0.05, 0.1) is 6.61 Å². The molecule has 0 amide bonds. The van der Waals surface area contributed by atoms with E-state index in [2.05, 4.69) is 6.92 Å². The Labute approximate surface area is 130 Å². The second kappa shape index (κ2) is 7.74.